The number of fused-ring (bicyclic) bond motifs is 1. The molecule has 0 bridgehead atoms. The monoisotopic (exact) mass is 234 g/mol. The van der Waals surface area contributed by atoms with E-state index in [1.807, 2.05) is 0 Å². The summed E-state index contributed by atoms with van der Waals surface area (Å²) in [5.74, 6) is 1.12. The van der Waals surface area contributed by atoms with Crippen LogP contribution in [-0.4, -0.2) is 23.2 Å². The molecule has 0 aromatic carbocycles. The van der Waals surface area contributed by atoms with Gasteiger partial charge in [0.15, 0.2) is 0 Å². The van der Waals surface area contributed by atoms with Crippen LogP contribution in [0.2, 0.25) is 0 Å². The van der Waals surface area contributed by atoms with Crippen molar-refractivity contribution in [3.63, 3.8) is 0 Å². The van der Waals surface area contributed by atoms with E-state index in [0.29, 0.717) is 6.61 Å². The van der Waals surface area contributed by atoms with E-state index >= 15 is 0 Å². The molecule has 1 unspecified atom stereocenters. The van der Waals surface area contributed by atoms with Gasteiger partial charge in [0.25, 0.3) is 5.56 Å². The van der Waals surface area contributed by atoms with E-state index in [-0.39, 0.29) is 11.5 Å². The highest BCUT2D eigenvalue weighted by atomic mass is 16.5. The Bertz CT molecular complexity index is 461. The van der Waals surface area contributed by atoms with Crippen molar-refractivity contribution in [2.45, 2.75) is 44.4 Å². The Morgan fingerprint density at radius 2 is 2.12 bits per heavy atom. The van der Waals surface area contributed by atoms with E-state index in [4.69, 9.17) is 4.74 Å². The summed E-state index contributed by atoms with van der Waals surface area (Å²) in [5, 5.41) is 0. The lowest BCUT2D eigenvalue weighted by molar-refractivity contribution is 0.0779. The molecule has 92 valence electrons. The van der Waals surface area contributed by atoms with E-state index in [9.17, 15) is 4.79 Å². The first kappa shape index (κ1) is 11.0. The van der Waals surface area contributed by atoms with E-state index in [1.165, 1.54) is 0 Å². The molecule has 1 aromatic rings. The smallest absolute Gasteiger partial charge is 0.254 e. The van der Waals surface area contributed by atoms with Gasteiger partial charge in [-0.15, -0.1) is 0 Å². The van der Waals surface area contributed by atoms with Crippen LogP contribution in [0.4, 0.5) is 0 Å². The van der Waals surface area contributed by atoms with Gasteiger partial charge < -0.3 is 9.72 Å². The number of aromatic amines is 1. The quantitative estimate of drug-likeness (QED) is 0.802. The highest BCUT2D eigenvalue weighted by Crippen LogP contribution is 2.23. The Morgan fingerprint density at radius 3 is 2.94 bits per heavy atom. The molecule has 2 heterocycles. The van der Waals surface area contributed by atoms with Crippen molar-refractivity contribution in [3.05, 3.63) is 27.4 Å². The minimum Gasteiger partial charge on any atom is -0.381 e. The SMILES string of the molecule is O=c1[nH]c(C2CCCOC2)nc2c1CCCC2. The number of hydrogen-bond donors (Lipinski definition) is 1. The van der Waals surface area contributed by atoms with Gasteiger partial charge in [-0.25, -0.2) is 4.98 Å². The average Bonchev–Trinajstić information content (AvgIpc) is 2.40. The highest BCUT2D eigenvalue weighted by molar-refractivity contribution is 5.21. The van der Waals surface area contributed by atoms with Crippen molar-refractivity contribution < 1.29 is 4.74 Å². The molecular weight excluding hydrogens is 216 g/mol. The van der Waals surface area contributed by atoms with Crippen molar-refractivity contribution in [1.82, 2.24) is 9.97 Å². The van der Waals surface area contributed by atoms with Crippen LogP contribution in [0, 0.1) is 0 Å². The Hall–Kier alpha value is -1.16. The maximum Gasteiger partial charge on any atom is 0.254 e. The summed E-state index contributed by atoms with van der Waals surface area (Å²) >= 11 is 0. The Morgan fingerprint density at radius 1 is 1.24 bits per heavy atom. The minimum atomic E-state index is 0.0790. The van der Waals surface area contributed by atoms with Crippen LogP contribution in [0.25, 0.3) is 0 Å². The summed E-state index contributed by atoms with van der Waals surface area (Å²) in [4.78, 5) is 19.6. The van der Waals surface area contributed by atoms with E-state index in [2.05, 4.69) is 9.97 Å². The zero-order chi connectivity index (χ0) is 11.7. The summed E-state index contributed by atoms with van der Waals surface area (Å²) in [7, 11) is 0. The van der Waals surface area contributed by atoms with Crippen molar-refractivity contribution >= 4 is 0 Å². The maximum absolute atomic E-state index is 12.0. The molecule has 4 nitrogen and oxygen atoms in total. The second-order valence-corrected chi connectivity index (χ2v) is 5.00. The normalized spacial score (nSPS) is 24.4. The molecule has 1 atom stereocenters. The van der Waals surface area contributed by atoms with Crippen molar-refractivity contribution in [3.8, 4) is 0 Å². The van der Waals surface area contributed by atoms with Crippen LogP contribution in [0.1, 0.15) is 48.7 Å². The van der Waals surface area contributed by atoms with Crippen LogP contribution in [-0.2, 0) is 17.6 Å². The van der Waals surface area contributed by atoms with Crippen molar-refractivity contribution in [2.75, 3.05) is 13.2 Å². The predicted molar refractivity (Wildman–Crippen MR) is 64.3 cm³/mol. The zero-order valence-electron chi connectivity index (χ0n) is 10.00. The first-order valence-electron chi connectivity index (χ1n) is 6.54. The molecule has 4 heteroatoms. The molecule has 2 aliphatic rings. The average molecular weight is 234 g/mol. The summed E-state index contributed by atoms with van der Waals surface area (Å²) in [6.45, 7) is 1.54. The van der Waals surface area contributed by atoms with Crippen LogP contribution >= 0.6 is 0 Å². The van der Waals surface area contributed by atoms with Gasteiger partial charge in [-0.3, -0.25) is 4.79 Å². The van der Waals surface area contributed by atoms with E-state index < -0.39 is 0 Å². The number of H-pyrrole nitrogens is 1. The van der Waals surface area contributed by atoms with Gasteiger partial charge in [-0.05, 0) is 38.5 Å². The van der Waals surface area contributed by atoms with Crippen LogP contribution < -0.4 is 5.56 Å². The van der Waals surface area contributed by atoms with Gasteiger partial charge in [0.05, 0.1) is 12.3 Å². The standard InChI is InChI=1S/C13H18N2O2/c16-13-10-5-1-2-6-11(10)14-12(15-13)9-4-3-7-17-8-9/h9H,1-8H2,(H,14,15,16). The Kier molecular flexibility index (Phi) is 2.97. The molecule has 1 aromatic heterocycles. The lowest BCUT2D eigenvalue weighted by Crippen LogP contribution is -2.26. The first-order chi connectivity index (χ1) is 8.34. The van der Waals surface area contributed by atoms with E-state index in [0.717, 1.165) is 62.2 Å². The number of nitrogens with zero attached hydrogens (tertiary/aromatic N) is 1. The van der Waals surface area contributed by atoms with E-state index in [1.54, 1.807) is 0 Å². The number of hydrogen-bond acceptors (Lipinski definition) is 3. The molecule has 1 saturated heterocycles. The molecular formula is C13H18N2O2. The van der Waals surface area contributed by atoms with Crippen LogP contribution in [0.15, 0.2) is 4.79 Å². The Balaban J connectivity index is 1.95. The van der Waals surface area contributed by atoms with Gasteiger partial charge in [-0.1, -0.05) is 0 Å². The van der Waals surface area contributed by atoms with Gasteiger partial charge in [0, 0.05) is 18.1 Å². The third-order valence-corrected chi connectivity index (χ3v) is 3.76. The number of rotatable bonds is 1. The van der Waals surface area contributed by atoms with Gasteiger partial charge in [-0.2, -0.15) is 0 Å². The largest absolute Gasteiger partial charge is 0.381 e. The molecule has 0 spiro atoms. The predicted octanol–water partition coefficient (Wildman–Crippen LogP) is 1.54. The van der Waals surface area contributed by atoms with Crippen LogP contribution in [0.3, 0.4) is 0 Å². The lowest BCUT2D eigenvalue weighted by Gasteiger charge is -2.23. The highest BCUT2D eigenvalue weighted by Gasteiger charge is 2.22. The molecule has 1 N–H and O–H groups in total. The fourth-order valence-corrected chi connectivity index (χ4v) is 2.77. The summed E-state index contributed by atoms with van der Waals surface area (Å²) in [5.41, 5.74) is 2.02. The third kappa shape index (κ3) is 2.14. The molecule has 1 aliphatic carbocycles. The lowest BCUT2D eigenvalue weighted by atomic mass is 9.96. The zero-order valence-corrected chi connectivity index (χ0v) is 10.00. The molecule has 1 fully saturated rings. The minimum absolute atomic E-state index is 0.0790. The number of nitrogens with one attached hydrogen (secondary N) is 1. The molecule has 17 heavy (non-hydrogen) atoms. The van der Waals surface area contributed by atoms with Crippen molar-refractivity contribution in [1.29, 1.82) is 0 Å². The first-order valence-corrected chi connectivity index (χ1v) is 6.54. The second kappa shape index (κ2) is 4.61. The second-order valence-electron chi connectivity index (χ2n) is 5.00. The van der Waals surface area contributed by atoms with Gasteiger partial charge in [0.2, 0.25) is 0 Å². The third-order valence-electron chi connectivity index (χ3n) is 3.76. The molecule has 0 radical (unpaired) electrons. The molecule has 0 amide bonds. The van der Waals surface area contributed by atoms with Gasteiger partial charge >= 0.3 is 0 Å². The fourth-order valence-electron chi connectivity index (χ4n) is 2.77. The number of ether oxygens (including phenoxy) is 1. The fraction of sp³-hybridized carbons (Fsp3) is 0.692. The van der Waals surface area contributed by atoms with Crippen molar-refractivity contribution in [2.24, 2.45) is 0 Å². The molecule has 1 aliphatic heterocycles. The topological polar surface area (TPSA) is 55.0 Å². The van der Waals surface area contributed by atoms with Gasteiger partial charge in [0.1, 0.15) is 5.82 Å². The summed E-state index contributed by atoms with van der Waals surface area (Å²) in [6, 6.07) is 0. The number of aromatic nitrogens is 2. The summed E-state index contributed by atoms with van der Waals surface area (Å²) < 4.78 is 5.46. The summed E-state index contributed by atoms with van der Waals surface area (Å²) in [6.07, 6.45) is 6.25. The molecule has 3 rings (SSSR count). The molecule has 0 saturated carbocycles. The maximum atomic E-state index is 12.0. The van der Waals surface area contributed by atoms with Crippen LogP contribution in [0.5, 0.6) is 0 Å². The number of aryl methyl sites for hydroxylation is 1. The Labute approximate surface area is 100 Å².